The number of benzene rings is 2. The van der Waals surface area contributed by atoms with Crippen LogP contribution in [0, 0.1) is 0 Å². The van der Waals surface area contributed by atoms with Gasteiger partial charge in [-0.1, -0.05) is 30.3 Å². The van der Waals surface area contributed by atoms with E-state index in [4.69, 9.17) is 0 Å². The highest BCUT2D eigenvalue weighted by Crippen LogP contribution is 2.30. The molecular formula is C17H17F3N2O3S. The molecule has 1 amide bonds. The maximum Gasteiger partial charge on any atom is 0.416 e. The summed E-state index contributed by atoms with van der Waals surface area (Å²) in [7, 11) is -3.85. The minimum atomic E-state index is -4.53. The normalized spacial score (nSPS) is 11.8. The zero-order valence-electron chi connectivity index (χ0n) is 13.8. The molecular weight excluding hydrogens is 369 g/mol. The van der Waals surface area contributed by atoms with E-state index >= 15 is 0 Å². The van der Waals surface area contributed by atoms with Crippen LogP contribution in [0.5, 0.6) is 0 Å². The number of hydrogen-bond donors (Lipinski definition) is 1. The molecule has 0 bridgehead atoms. The quantitative estimate of drug-likeness (QED) is 0.830. The lowest BCUT2D eigenvalue weighted by atomic mass is 10.2. The molecule has 0 fully saturated rings. The zero-order valence-corrected chi connectivity index (χ0v) is 14.6. The van der Waals surface area contributed by atoms with E-state index in [1.165, 1.54) is 0 Å². The van der Waals surface area contributed by atoms with Gasteiger partial charge in [0.1, 0.15) is 6.54 Å². The van der Waals surface area contributed by atoms with Crippen molar-refractivity contribution in [3.63, 3.8) is 0 Å². The standard InChI is InChI=1S/C17H17F3N2O3S/c1-26(24,25)22(15-9-7-14(8-10-15)17(18,19)20)12-16(23)21-11-13-5-3-2-4-6-13/h2-10H,11-12H2,1H3,(H,21,23). The van der Waals surface area contributed by atoms with E-state index in [0.717, 1.165) is 40.4 Å². The first-order valence-electron chi connectivity index (χ1n) is 7.53. The summed E-state index contributed by atoms with van der Waals surface area (Å²) in [4.78, 5) is 12.1. The summed E-state index contributed by atoms with van der Waals surface area (Å²) in [5, 5.41) is 2.58. The number of sulfonamides is 1. The van der Waals surface area contributed by atoms with Gasteiger partial charge in [0.15, 0.2) is 0 Å². The fourth-order valence-electron chi connectivity index (χ4n) is 2.20. The molecule has 26 heavy (non-hydrogen) atoms. The van der Waals surface area contributed by atoms with Crippen molar-refractivity contribution < 1.29 is 26.4 Å². The SMILES string of the molecule is CS(=O)(=O)N(CC(=O)NCc1ccccc1)c1ccc(C(F)(F)F)cc1. The van der Waals surface area contributed by atoms with Crippen LogP contribution in [0.4, 0.5) is 18.9 Å². The largest absolute Gasteiger partial charge is 0.416 e. The van der Waals surface area contributed by atoms with Gasteiger partial charge in [0.25, 0.3) is 0 Å². The summed E-state index contributed by atoms with van der Waals surface area (Å²) in [6.45, 7) is -0.318. The lowest BCUT2D eigenvalue weighted by Gasteiger charge is -2.22. The number of anilines is 1. The fourth-order valence-corrected chi connectivity index (χ4v) is 3.06. The molecule has 140 valence electrons. The number of carbonyl (C=O) groups excluding carboxylic acids is 1. The van der Waals surface area contributed by atoms with Crippen molar-refractivity contribution in [1.29, 1.82) is 0 Å². The third-order valence-electron chi connectivity index (χ3n) is 3.50. The number of nitrogens with one attached hydrogen (secondary N) is 1. The van der Waals surface area contributed by atoms with Crippen LogP contribution in [0.25, 0.3) is 0 Å². The van der Waals surface area contributed by atoms with E-state index in [-0.39, 0.29) is 12.2 Å². The Labute approximate surface area is 149 Å². The third-order valence-corrected chi connectivity index (χ3v) is 4.64. The van der Waals surface area contributed by atoms with Gasteiger partial charge in [-0.25, -0.2) is 8.42 Å². The molecule has 2 rings (SSSR count). The van der Waals surface area contributed by atoms with Crippen molar-refractivity contribution in [3.8, 4) is 0 Å². The summed E-state index contributed by atoms with van der Waals surface area (Å²) < 4.78 is 62.5. The van der Waals surface area contributed by atoms with Gasteiger partial charge >= 0.3 is 6.18 Å². The van der Waals surface area contributed by atoms with E-state index in [1.807, 2.05) is 6.07 Å². The van der Waals surface area contributed by atoms with Crippen LogP contribution >= 0.6 is 0 Å². The van der Waals surface area contributed by atoms with Crippen molar-refractivity contribution >= 4 is 21.6 Å². The molecule has 0 aromatic heterocycles. The minimum absolute atomic E-state index is 0.0182. The van der Waals surface area contributed by atoms with Gasteiger partial charge < -0.3 is 5.32 Å². The lowest BCUT2D eigenvalue weighted by Crippen LogP contribution is -2.40. The second kappa shape index (κ2) is 7.77. The monoisotopic (exact) mass is 386 g/mol. The van der Waals surface area contributed by atoms with Crippen molar-refractivity contribution in [2.75, 3.05) is 17.1 Å². The lowest BCUT2D eigenvalue weighted by molar-refractivity contribution is -0.137. The number of hydrogen-bond acceptors (Lipinski definition) is 3. The Morgan fingerprint density at radius 1 is 1.04 bits per heavy atom. The molecule has 0 atom stereocenters. The molecule has 0 saturated carbocycles. The van der Waals surface area contributed by atoms with Crippen LogP contribution in [-0.4, -0.2) is 27.1 Å². The highest BCUT2D eigenvalue weighted by molar-refractivity contribution is 7.92. The van der Waals surface area contributed by atoms with Gasteiger partial charge in [-0.3, -0.25) is 9.10 Å². The Balaban J connectivity index is 2.11. The van der Waals surface area contributed by atoms with Crippen molar-refractivity contribution in [3.05, 3.63) is 65.7 Å². The van der Waals surface area contributed by atoms with Crippen LogP contribution in [0.15, 0.2) is 54.6 Å². The molecule has 0 aliphatic rings. The molecule has 0 aliphatic heterocycles. The third kappa shape index (κ3) is 5.48. The Bertz CT molecular complexity index is 851. The number of alkyl halides is 3. The molecule has 1 N–H and O–H groups in total. The summed E-state index contributed by atoms with van der Waals surface area (Å²) in [6, 6.07) is 12.6. The van der Waals surface area contributed by atoms with Crippen LogP contribution in [-0.2, 0) is 27.5 Å². The first-order valence-corrected chi connectivity index (χ1v) is 9.38. The predicted octanol–water partition coefficient (Wildman–Crippen LogP) is 2.79. The van der Waals surface area contributed by atoms with E-state index in [1.54, 1.807) is 24.3 Å². The Morgan fingerprint density at radius 3 is 2.12 bits per heavy atom. The Kier molecular flexibility index (Phi) is 5.91. The fraction of sp³-hybridized carbons (Fsp3) is 0.235. The van der Waals surface area contributed by atoms with Gasteiger partial charge in [0.05, 0.1) is 17.5 Å². The van der Waals surface area contributed by atoms with Crippen molar-refractivity contribution in [2.45, 2.75) is 12.7 Å². The van der Waals surface area contributed by atoms with Crippen LogP contribution in [0.2, 0.25) is 0 Å². The summed E-state index contributed by atoms with van der Waals surface area (Å²) >= 11 is 0. The van der Waals surface area contributed by atoms with Gasteiger partial charge in [0.2, 0.25) is 15.9 Å². The molecule has 0 radical (unpaired) electrons. The summed E-state index contributed by atoms with van der Waals surface area (Å²) in [5.74, 6) is -0.570. The number of rotatable bonds is 6. The molecule has 0 unspecified atom stereocenters. The van der Waals surface area contributed by atoms with E-state index in [2.05, 4.69) is 5.32 Å². The van der Waals surface area contributed by atoms with E-state index in [9.17, 15) is 26.4 Å². The van der Waals surface area contributed by atoms with Crippen LogP contribution in [0.3, 0.4) is 0 Å². The maximum atomic E-state index is 12.6. The van der Waals surface area contributed by atoms with E-state index < -0.39 is 34.2 Å². The highest BCUT2D eigenvalue weighted by Gasteiger charge is 2.30. The molecule has 5 nitrogen and oxygen atoms in total. The molecule has 0 spiro atoms. The Morgan fingerprint density at radius 2 is 1.62 bits per heavy atom. The van der Waals surface area contributed by atoms with Gasteiger partial charge in [-0.05, 0) is 29.8 Å². The summed E-state index contributed by atoms with van der Waals surface area (Å²) in [6.07, 6.45) is -3.64. The van der Waals surface area contributed by atoms with Crippen molar-refractivity contribution in [1.82, 2.24) is 5.32 Å². The molecule has 0 heterocycles. The first kappa shape index (κ1) is 19.8. The molecule has 9 heteroatoms. The zero-order chi connectivity index (χ0) is 19.4. The first-order chi connectivity index (χ1) is 12.1. The number of carbonyl (C=O) groups is 1. The number of halogens is 3. The van der Waals surface area contributed by atoms with Crippen LogP contribution < -0.4 is 9.62 Å². The predicted molar refractivity (Wildman–Crippen MR) is 91.9 cm³/mol. The number of amides is 1. The molecule has 2 aromatic carbocycles. The minimum Gasteiger partial charge on any atom is -0.350 e. The molecule has 2 aromatic rings. The van der Waals surface area contributed by atoms with E-state index in [0.29, 0.717) is 0 Å². The second-order valence-electron chi connectivity index (χ2n) is 5.58. The average Bonchev–Trinajstić information content (AvgIpc) is 2.57. The van der Waals surface area contributed by atoms with Gasteiger partial charge in [-0.15, -0.1) is 0 Å². The topological polar surface area (TPSA) is 66.5 Å². The highest BCUT2D eigenvalue weighted by atomic mass is 32.2. The smallest absolute Gasteiger partial charge is 0.350 e. The Hall–Kier alpha value is -2.55. The molecule has 0 aliphatic carbocycles. The molecule has 0 saturated heterocycles. The van der Waals surface area contributed by atoms with Crippen LogP contribution in [0.1, 0.15) is 11.1 Å². The summed E-state index contributed by atoms with van der Waals surface area (Å²) in [5.41, 5.74) is -0.0834. The van der Waals surface area contributed by atoms with Gasteiger partial charge in [-0.2, -0.15) is 13.2 Å². The average molecular weight is 386 g/mol. The number of nitrogens with zero attached hydrogens (tertiary/aromatic N) is 1. The van der Waals surface area contributed by atoms with Gasteiger partial charge in [0, 0.05) is 6.54 Å². The van der Waals surface area contributed by atoms with Crippen molar-refractivity contribution in [2.24, 2.45) is 0 Å². The second-order valence-corrected chi connectivity index (χ2v) is 7.48. The maximum absolute atomic E-state index is 12.6.